The van der Waals surface area contributed by atoms with Crippen molar-refractivity contribution in [2.45, 2.75) is 51.8 Å². The molecule has 0 bridgehead atoms. The summed E-state index contributed by atoms with van der Waals surface area (Å²) in [6.45, 7) is 7.19. The van der Waals surface area contributed by atoms with E-state index in [1.165, 1.54) is 0 Å². The summed E-state index contributed by atoms with van der Waals surface area (Å²) in [5.74, 6) is 0. The monoisotopic (exact) mass is 274 g/mol. The van der Waals surface area contributed by atoms with Gasteiger partial charge in [-0.1, -0.05) is 0 Å². The number of hydrogen-bond donors (Lipinski definition) is 1. The molecule has 0 amide bonds. The minimum Gasteiger partial charge on any atom is -0.381 e. The molecule has 3 rings (SSSR count). The molecule has 1 N–H and O–H groups in total. The molecular weight excluding hydrogens is 252 g/mol. The van der Waals surface area contributed by atoms with Crippen molar-refractivity contribution >= 4 is 16.7 Å². The Balaban J connectivity index is 1.79. The third-order valence-electron chi connectivity index (χ3n) is 3.78. The van der Waals surface area contributed by atoms with Crippen LogP contribution in [0.1, 0.15) is 39.7 Å². The Hall–Kier alpha value is -1.62. The Bertz CT molecular complexity index is 593. The molecule has 3 heterocycles. The van der Waals surface area contributed by atoms with Crippen molar-refractivity contribution in [1.29, 1.82) is 0 Å². The first-order chi connectivity index (χ1) is 9.63. The van der Waals surface area contributed by atoms with E-state index in [1.807, 2.05) is 17.1 Å². The van der Waals surface area contributed by atoms with E-state index >= 15 is 0 Å². The highest BCUT2D eigenvalue weighted by Crippen LogP contribution is 2.22. The molecule has 2 aromatic heterocycles. The lowest BCUT2D eigenvalue weighted by atomic mass is 10.0. The van der Waals surface area contributed by atoms with Crippen molar-refractivity contribution in [3.8, 4) is 0 Å². The number of nitrogens with zero attached hydrogens (tertiary/aromatic N) is 3. The van der Waals surface area contributed by atoms with Crippen molar-refractivity contribution in [3.05, 3.63) is 18.5 Å². The molecule has 1 aliphatic heterocycles. The molecule has 1 fully saturated rings. The average molecular weight is 274 g/mol. The van der Waals surface area contributed by atoms with Crippen LogP contribution in [0.25, 0.3) is 11.0 Å². The van der Waals surface area contributed by atoms with Crippen LogP contribution in [0, 0.1) is 0 Å². The lowest BCUT2D eigenvalue weighted by molar-refractivity contribution is 0.0232. The standard InChI is InChI=1S/C15H22N4O/c1-10(2)19-15-12(8-17-19)7-14(9-16-15)18-13-4-5-20-11(3)6-13/h7-11,13,18H,4-6H2,1-3H3. The number of fused-ring (bicyclic) bond motifs is 1. The third kappa shape index (κ3) is 2.63. The van der Waals surface area contributed by atoms with E-state index in [2.05, 4.69) is 42.2 Å². The first-order valence-corrected chi connectivity index (χ1v) is 7.35. The van der Waals surface area contributed by atoms with Gasteiger partial charge in [-0.05, 0) is 39.7 Å². The number of nitrogens with one attached hydrogen (secondary N) is 1. The van der Waals surface area contributed by atoms with Gasteiger partial charge < -0.3 is 10.1 Å². The minimum absolute atomic E-state index is 0.329. The Labute approximate surface area is 119 Å². The van der Waals surface area contributed by atoms with Crippen LogP contribution in [0.4, 0.5) is 5.69 Å². The smallest absolute Gasteiger partial charge is 0.158 e. The van der Waals surface area contributed by atoms with E-state index in [0.29, 0.717) is 18.2 Å². The number of hydrogen-bond acceptors (Lipinski definition) is 4. The van der Waals surface area contributed by atoms with Gasteiger partial charge in [-0.3, -0.25) is 0 Å². The van der Waals surface area contributed by atoms with E-state index in [4.69, 9.17) is 4.74 Å². The van der Waals surface area contributed by atoms with Crippen LogP contribution < -0.4 is 5.32 Å². The molecule has 0 spiro atoms. The van der Waals surface area contributed by atoms with Crippen LogP contribution in [-0.4, -0.2) is 33.5 Å². The van der Waals surface area contributed by atoms with Crippen molar-refractivity contribution in [2.75, 3.05) is 11.9 Å². The third-order valence-corrected chi connectivity index (χ3v) is 3.78. The molecule has 108 valence electrons. The molecule has 0 aliphatic carbocycles. The molecule has 1 saturated heterocycles. The quantitative estimate of drug-likeness (QED) is 0.935. The largest absolute Gasteiger partial charge is 0.381 e. The van der Waals surface area contributed by atoms with Gasteiger partial charge in [-0.2, -0.15) is 5.10 Å². The maximum atomic E-state index is 5.58. The van der Waals surface area contributed by atoms with Crippen LogP contribution in [0.3, 0.4) is 0 Å². The van der Waals surface area contributed by atoms with Crippen LogP contribution in [-0.2, 0) is 4.74 Å². The van der Waals surface area contributed by atoms with Crippen molar-refractivity contribution in [1.82, 2.24) is 14.8 Å². The van der Waals surface area contributed by atoms with E-state index < -0.39 is 0 Å². The Morgan fingerprint density at radius 2 is 2.25 bits per heavy atom. The summed E-state index contributed by atoms with van der Waals surface area (Å²) in [4.78, 5) is 4.55. The normalized spacial score (nSPS) is 23.4. The summed E-state index contributed by atoms with van der Waals surface area (Å²) < 4.78 is 7.53. The van der Waals surface area contributed by atoms with Gasteiger partial charge in [0.05, 0.1) is 24.2 Å². The molecule has 5 heteroatoms. The zero-order valence-electron chi connectivity index (χ0n) is 12.3. The summed E-state index contributed by atoms with van der Waals surface area (Å²) in [5, 5.41) is 9.05. The second-order valence-corrected chi connectivity index (χ2v) is 5.87. The fourth-order valence-corrected chi connectivity index (χ4v) is 2.76. The highest BCUT2D eigenvalue weighted by Gasteiger charge is 2.19. The fourth-order valence-electron chi connectivity index (χ4n) is 2.76. The number of pyridine rings is 1. The van der Waals surface area contributed by atoms with Crippen LogP contribution in [0.5, 0.6) is 0 Å². The molecule has 1 aliphatic rings. The summed E-state index contributed by atoms with van der Waals surface area (Å²) >= 11 is 0. The van der Waals surface area contributed by atoms with Crippen LogP contribution in [0.2, 0.25) is 0 Å². The zero-order valence-corrected chi connectivity index (χ0v) is 12.3. The van der Waals surface area contributed by atoms with Gasteiger partial charge in [-0.25, -0.2) is 9.67 Å². The first-order valence-electron chi connectivity index (χ1n) is 7.35. The van der Waals surface area contributed by atoms with Crippen molar-refractivity contribution in [2.24, 2.45) is 0 Å². The Morgan fingerprint density at radius 3 is 3.00 bits per heavy atom. The average Bonchev–Trinajstić information content (AvgIpc) is 2.82. The van der Waals surface area contributed by atoms with Crippen LogP contribution in [0.15, 0.2) is 18.5 Å². The van der Waals surface area contributed by atoms with E-state index in [9.17, 15) is 0 Å². The predicted octanol–water partition coefficient (Wildman–Crippen LogP) is 2.99. The second kappa shape index (κ2) is 5.40. The first kappa shape index (κ1) is 13.4. The lowest BCUT2D eigenvalue weighted by Crippen LogP contribution is -2.32. The number of anilines is 1. The van der Waals surface area contributed by atoms with Gasteiger partial charge in [0.2, 0.25) is 0 Å². The maximum Gasteiger partial charge on any atom is 0.158 e. The molecule has 0 saturated carbocycles. The van der Waals surface area contributed by atoms with Gasteiger partial charge in [0, 0.05) is 24.1 Å². The summed E-state index contributed by atoms with van der Waals surface area (Å²) in [6, 6.07) is 2.93. The molecule has 5 nitrogen and oxygen atoms in total. The summed E-state index contributed by atoms with van der Waals surface area (Å²) in [7, 11) is 0. The van der Waals surface area contributed by atoms with Gasteiger partial charge in [-0.15, -0.1) is 0 Å². The van der Waals surface area contributed by atoms with E-state index in [0.717, 1.165) is 36.2 Å². The van der Waals surface area contributed by atoms with E-state index in [1.54, 1.807) is 0 Å². The Morgan fingerprint density at radius 1 is 1.40 bits per heavy atom. The minimum atomic E-state index is 0.329. The highest BCUT2D eigenvalue weighted by molar-refractivity contribution is 5.78. The topological polar surface area (TPSA) is 52.0 Å². The molecule has 0 aromatic carbocycles. The second-order valence-electron chi connectivity index (χ2n) is 5.87. The highest BCUT2D eigenvalue weighted by atomic mass is 16.5. The van der Waals surface area contributed by atoms with Crippen molar-refractivity contribution in [3.63, 3.8) is 0 Å². The number of rotatable bonds is 3. The SMILES string of the molecule is CC1CC(Nc2cnc3c(cnn3C(C)C)c2)CCO1. The molecule has 2 aromatic rings. The summed E-state index contributed by atoms with van der Waals surface area (Å²) in [5.41, 5.74) is 2.02. The predicted molar refractivity (Wildman–Crippen MR) is 80.0 cm³/mol. The van der Waals surface area contributed by atoms with Gasteiger partial charge in [0.15, 0.2) is 5.65 Å². The lowest BCUT2D eigenvalue weighted by Gasteiger charge is -2.28. The molecular formula is C15H22N4O. The molecule has 2 atom stereocenters. The molecule has 20 heavy (non-hydrogen) atoms. The van der Waals surface area contributed by atoms with Gasteiger partial charge in [0.1, 0.15) is 0 Å². The van der Waals surface area contributed by atoms with Crippen LogP contribution >= 0.6 is 0 Å². The molecule has 2 unspecified atom stereocenters. The summed E-state index contributed by atoms with van der Waals surface area (Å²) in [6.07, 6.45) is 6.22. The van der Waals surface area contributed by atoms with E-state index in [-0.39, 0.29) is 0 Å². The van der Waals surface area contributed by atoms with Gasteiger partial charge >= 0.3 is 0 Å². The van der Waals surface area contributed by atoms with Crippen molar-refractivity contribution < 1.29 is 4.74 Å². The fraction of sp³-hybridized carbons (Fsp3) is 0.600. The molecule has 0 radical (unpaired) electrons. The number of aromatic nitrogens is 3. The Kier molecular flexibility index (Phi) is 3.61. The number of ether oxygens (including phenoxy) is 1. The maximum absolute atomic E-state index is 5.58. The van der Waals surface area contributed by atoms with Gasteiger partial charge in [0.25, 0.3) is 0 Å². The zero-order chi connectivity index (χ0) is 14.1.